The Morgan fingerprint density at radius 1 is 0.198 bits per heavy atom. The average molecular weight is 1610 g/mol. The molecular weight excluding hydrogens is 1530 g/mol. The van der Waals surface area contributed by atoms with Gasteiger partial charge in [0.1, 0.15) is 0 Å². The van der Waals surface area contributed by atoms with Gasteiger partial charge in [-0.05, 0) is 246 Å². The molecule has 1 aromatic heterocycles. The van der Waals surface area contributed by atoms with E-state index in [1.807, 2.05) is 0 Å². The quantitative estimate of drug-likeness (QED) is 0.0944. The highest BCUT2D eigenvalue weighted by molar-refractivity contribution is 9.10. The van der Waals surface area contributed by atoms with Crippen LogP contribution in [0.2, 0.25) is 0 Å². The van der Waals surface area contributed by atoms with E-state index in [0.717, 1.165) is 45.0 Å². The molecule has 121 heavy (non-hydrogen) atoms. The van der Waals surface area contributed by atoms with Gasteiger partial charge in [0.2, 0.25) is 0 Å². The van der Waals surface area contributed by atoms with Gasteiger partial charge in [-0.1, -0.05) is 380 Å². The van der Waals surface area contributed by atoms with E-state index in [-0.39, 0.29) is 0 Å². The van der Waals surface area contributed by atoms with E-state index in [0.29, 0.717) is 0 Å². The topological polar surface area (TPSA) is 11.4 Å². The van der Waals surface area contributed by atoms with Gasteiger partial charge in [-0.15, -0.1) is 0 Å². The molecule has 1 aliphatic rings. The first-order valence-electron chi connectivity index (χ1n) is 41.6. The minimum Gasteiger partial charge on any atom is -0.310 e. The first kappa shape index (κ1) is 72.3. The molecule has 1 heterocycles. The lowest BCUT2D eigenvalue weighted by atomic mass is 9.85. The van der Waals surface area contributed by atoms with Gasteiger partial charge in [-0.3, -0.25) is 0 Å². The maximum absolute atomic E-state index is 3.64. The van der Waals surface area contributed by atoms with Crippen LogP contribution in [0.15, 0.2) is 466 Å². The summed E-state index contributed by atoms with van der Waals surface area (Å²) in [6, 6.07) is 167. The summed E-state index contributed by atoms with van der Waals surface area (Å²) < 4.78 is 3.50. The van der Waals surface area contributed by atoms with Gasteiger partial charge in [0, 0.05) is 54.5 Å². The summed E-state index contributed by atoms with van der Waals surface area (Å²) in [6.45, 7) is 0. The number of benzene rings is 22. The smallest absolute Gasteiger partial charge is 0.0546 e. The normalized spacial score (nSPS) is 11.6. The van der Waals surface area contributed by atoms with Gasteiger partial charge in [0.15, 0.2) is 0 Å². The molecule has 0 N–H and O–H groups in total. The third-order valence-corrected chi connectivity index (χ3v) is 24.9. The van der Waals surface area contributed by atoms with Gasteiger partial charge >= 0.3 is 0 Å². The lowest BCUT2D eigenvalue weighted by Crippen LogP contribution is -2.11. The maximum Gasteiger partial charge on any atom is 0.0546 e. The fraction of sp³-hybridized carbons (Fsp3) is 0.00855. The summed E-state index contributed by atoms with van der Waals surface area (Å²) in [4.78, 5) is 4.75. The monoisotopic (exact) mass is 1600 g/mol. The SMILES string of the molecule is Brc1cccc(N(c2ccccc2)c2cc3ccccc3c3ccccc23)c1.c1ccc(-c2c3ccccc3c(-c3ccc4c(c3)-c3ccccc3C4)c3ccccc23)cc1.c1ccc(-c2c3ccccc3c(-c3ccc4c(c3)c3ccccc3n4-c3cccc(N(c4ccccc4)c4cc5ccccc5c5ccccc45)c3)c3ccccc23)cc1. The van der Waals surface area contributed by atoms with E-state index in [1.54, 1.807) is 0 Å². The van der Waals surface area contributed by atoms with E-state index >= 15 is 0 Å². The highest BCUT2D eigenvalue weighted by atomic mass is 79.9. The molecule has 1 aliphatic carbocycles. The van der Waals surface area contributed by atoms with Crippen LogP contribution in [0.4, 0.5) is 34.1 Å². The van der Waals surface area contributed by atoms with Crippen LogP contribution >= 0.6 is 15.9 Å². The van der Waals surface area contributed by atoms with Crippen LogP contribution in [0.25, 0.3) is 169 Å². The molecule has 0 fully saturated rings. The number of halogens is 1. The molecule has 22 aromatic carbocycles. The summed E-state index contributed by atoms with van der Waals surface area (Å²) >= 11 is 3.64. The van der Waals surface area contributed by atoms with Crippen molar-refractivity contribution in [3.8, 4) is 61.3 Å². The Bertz CT molecular complexity index is 7840. The second-order valence-corrected chi connectivity index (χ2v) is 32.3. The highest BCUT2D eigenvalue weighted by Gasteiger charge is 2.26. The molecule has 0 saturated carbocycles. The first-order valence-corrected chi connectivity index (χ1v) is 42.4. The minimum atomic E-state index is 1.03. The summed E-state index contributed by atoms with van der Waals surface area (Å²) in [5.41, 5.74) is 26.1. The Balaban J connectivity index is 0.000000120. The van der Waals surface area contributed by atoms with Gasteiger partial charge in [-0.25, -0.2) is 0 Å². The lowest BCUT2D eigenvalue weighted by Gasteiger charge is -2.28. The van der Waals surface area contributed by atoms with Crippen molar-refractivity contribution in [2.45, 2.75) is 6.42 Å². The molecule has 3 nitrogen and oxygen atoms in total. The highest BCUT2D eigenvalue weighted by Crippen LogP contribution is 2.51. The van der Waals surface area contributed by atoms with Gasteiger partial charge < -0.3 is 14.4 Å². The predicted molar refractivity (Wildman–Crippen MR) is 521 cm³/mol. The Labute approximate surface area is 711 Å². The van der Waals surface area contributed by atoms with Crippen LogP contribution in [0.3, 0.4) is 0 Å². The van der Waals surface area contributed by atoms with E-state index in [9.17, 15) is 0 Å². The summed E-state index contributed by atoms with van der Waals surface area (Å²) in [5, 5.41) is 22.7. The molecule has 0 atom stereocenters. The third kappa shape index (κ3) is 12.9. The van der Waals surface area contributed by atoms with Crippen LogP contribution in [-0.4, -0.2) is 4.57 Å². The maximum atomic E-state index is 3.64. The molecule has 0 saturated heterocycles. The number of anilines is 6. The first-order chi connectivity index (χ1) is 60.0. The molecule has 0 spiro atoms. The van der Waals surface area contributed by atoms with Crippen molar-refractivity contribution < 1.29 is 0 Å². The van der Waals surface area contributed by atoms with E-state index in [4.69, 9.17) is 0 Å². The number of para-hydroxylation sites is 3. The predicted octanol–water partition coefficient (Wildman–Crippen LogP) is 33.3. The van der Waals surface area contributed by atoms with Crippen molar-refractivity contribution in [3.05, 3.63) is 477 Å². The lowest BCUT2D eigenvalue weighted by molar-refractivity contribution is 1.17. The van der Waals surface area contributed by atoms with E-state index in [1.165, 1.54) is 180 Å². The molecule has 568 valence electrons. The number of hydrogen-bond acceptors (Lipinski definition) is 2. The Morgan fingerprint density at radius 2 is 0.545 bits per heavy atom. The van der Waals surface area contributed by atoms with Crippen molar-refractivity contribution >= 4 is 158 Å². The van der Waals surface area contributed by atoms with Crippen LogP contribution < -0.4 is 9.80 Å². The van der Waals surface area contributed by atoms with E-state index in [2.05, 4.69) is 491 Å². The molecule has 0 radical (unpaired) electrons. The van der Waals surface area contributed by atoms with Crippen molar-refractivity contribution in [1.29, 1.82) is 0 Å². The van der Waals surface area contributed by atoms with Crippen LogP contribution in [-0.2, 0) is 6.42 Å². The Hall–Kier alpha value is -15.2. The number of rotatable bonds is 11. The number of aromatic nitrogens is 1. The molecule has 23 aromatic rings. The zero-order valence-corrected chi connectivity index (χ0v) is 67.9. The molecule has 24 rings (SSSR count). The third-order valence-electron chi connectivity index (χ3n) is 24.5. The molecule has 0 aliphatic heterocycles. The Morgan fingerprint density at radius 3 is 1.03 bits per heavy atom. The minimum absolute atomic E-state index is 1.03. The van der Waals surface area contributed by atoms with Crippen molar-refractivity contribution in [2.75, 3.05) is 9.80 Å². The second kappa shape index (κ2) is 31.0. The van der Waals surface area contributed by atoms with Crippen molar-refractivity contribution in [2.24, 2.45) is 0 Å². The van der Waals surface area contributed by atoms with Crippen LogP contribution in [0, 0.1) is 0 Å². The standard InChI is InChI=1S/C58H38N2.C33H22.C26H18BrN/c1-3-18-39(19-4-1)57-49-29-11-13-31-51(49)58(52-32-14-12-30-50(52)57)41-34-35-55-53(36-41)48-28-15-16-33-54(48)60(55)44-24-17-23-43(38-44)59(42-21-5-2-6-22-42)56-37-40-20-7-8-25-45(40)46-26-9-10-27-47(46)56;1-2-10-22(11-3-1)32-27-14-6-8-16-29(27)33(30-17-9-7-15-28(30)32)25-19-18-24-20-23-12-4-5-13-26(23)31(24)21-25;27-20-10-8-13-22(18-20)28(21-11-2-1-3-12-21)26-17-19-9-4-5-14-23(19)24-15-6-7-16-25(24)26/h1-38H;1-19,21H,20H2;1-18H. The summed E-state index contributed by atoms with van der Waals surface area (Å²) in [5.74, 6) is 0. The van der Waals surface area contributed by atoms with Crippen molar-refractivity contribution in [1.82, 2.24) is 4.57 Å². The largest absolute Gasteiger partial charge is 0.310 e. The number of nitrogens with zero attached hydrogens (tertiary/aromatic N) is 3. The van der Waals surface area contributed by atoms with Crippen molar-refractivity contribution in [3.63, 3.8) is 0 Å². The average Bonchev–Trinajstić information content (AvgIpc) is 1.71. The zero-order valence-electron chi connectivity index (χ0n) is 66.3. The molecular formula is C117H78BrN3. The number of hydrogen-bond donors (Lipinski definition) is 0. The summed E-state index contributed by atoms with van der Waals surface area (Å²) in [7, 11) is 0. The fourth-order valence-electron chi connectivity index (χ4n) is 19.2. The molecule has 0 unspecified atom stereocenters. The molecule has 4 heteroatoms. The van der Waals surface area contributed by atoms with E-state index < -0.39 is 0 Å². The van der Waals surface area contributed by atoms with Gasteiger partial charge in [-0.2, -0.15) is 0 Å². The zero-order chi connectivity index (χ0) is 80.3. The van der Waals surface area contributed by atoms with Gasteiger partial charge in [0.25, 0.3) is 0 Å². The number of fused-ring (bicyclic) bond motifs is 16. The van der Waals surface area contributed by atoms with Crippen LogP contribution in [0.5, 0.6) is 0 Å². The second-order valence-electron chi connectivity index (χ2n) is 31.4. The van der Waals surface area contributed by atoms with Crippen LogP contribution in [0.1, 0.15) is 11.1 Å². The summed E-state index contributed by atoms with van der Waals surface area (Å²) in [6.07, 6.45) is 1.03. The Kier molecular flexibility index (Phi) is 18.5. The fourth-order valence-corrected chi connectivity index (χ4v) is 19.6. The van der Waals surface area contributed by atoms with Gasteiger partial charge in [0.05, 0.1) is 22.4 Å². The molecule has 0 amide bonds. The molecule has 0 bridgehead atoms.